The molecule has 2 heterocycles. The maximum Gasteiger partial charge on any atom is 0.211 e. The summed E-state index contributed by atoms with van der Waals surface area (Å²) in [6.07, 6.45) is 7.95. The molecule has 0 bridgehead atoms. The fraction of sp³-hybridized carbons (Fsp3) is 0.692. The van der Waals surface area contributed by atoms with E-state index in [4.69, 9.17) is 9.47 Å². The van der Waals surface area contributed by atoms with Gasteiger partial charge in [0.05, 0.1) is 6.61 Å². The Balaban J connectivity index is 1.93. The third-order valence-corrected chi connectivity index (χ3v) is 3.95. The van der Waals surface area contributed by atoms with Crippen molar-refractivity contribution >= 4 is 0 Å². The molecule has 1 aliphatic carbocycles. The van der Waals surface area contributed by atoms with Gasteiger partial charge in [-0.2, -0.15) is 0 Å². The molecule has 3 rings (SSSR count). The van der Waals surface area contributed by atoms with E-state index in [1.807, 2.05) is 0 Å². The molecule has 15 heavy (non-hydrogen) atoms. The van der Waals surface area contributed by atoms with Crippen molar-refractivity contribution in [1.29, 1.82) is 0 Å². The smallest absolute Gasteiger partial charge is 0.211 e. The zero-order valence-electron chi connectivity index (χ0n) is 9.45. The minimum absolute atomic E-state index is 0.361. The number of rotatable bonds is 0. The summed E-state index contributed by atoms with van der Waals surface area (Å²) in [4.78, 5) is 0. The molecule has 2 heteroatoms. The highest BCUT2D eigenvalue weighted by molar-refractivity contribution is 5.32. The van der Waals surface area contributed by atoms with Crippen LogP contribution >= 0.6 is 0 Å². The Morgan fingerprint density at radius 3 is 3.00 bits per heavy atom. The summed E-state index contributed by atoms with van der Waals surface area (Å²) in [7, 11) is 0. The topological polar surface area (TPSA) is 18.5 Å². The monoisotopic (exact) mass is 206 g/mol. The number of allylic oxidation sites excluding steroid dienone is 3. The zero-order chi connectivity index (χ0) is 10.5. The molecule has 3 atom stereocenters. The first-order valence-electron chi connectivity index (χ1n) is 5.91. The number of hydrogen-bond donors (Lipinski definition) is 0. The van der Waals surface area contributed by atoms with Crippen molar-refractivity contribution < 1.29 is 9.47 Å². The van der Waals surface area contributed by atoms with Gasteiger partial charge in [0.15, 0.2) is 0 Å². The highest BCUT2D eigenvalue weighted by atomic mass is 16.7. The fourth-order valence-electron chi connectivity index (χ4n) is 2.98. The van der Waals surface area contributed by atoms with Gasteiger partial charge in [-0.3, -0.25) is 0 Å². The maximum absolute atomic E-state index is 6.04. The van der Waals surface area contributed by atoms with Gasteiger partial charge in [0.25, 0.3) is 0 Å². The minimum atomic E-state index is -0.361. The molecule has 2 fully saturated rings. The third kappa shape index (κ3) is 1.35. The Morgan fingerprint density at radius 2 is 2.13 bits per heavy atom. The van der Waals surface area contributed by atoms with Gasteiger partial charge in [0.2, 0.25) is 5.79 Å². The maximum atomic E-state index is 6.04. The van der Waals surface area contributed by atoms with Gasteiger partial charge in [0.1, 0.15) is 5.76 Å². The lowest BCUT2D eigenvalue weighted by Crippen LogP contribution is -2.40. The van der Waals surface area contributed by atoms with Crippen molar-refractivity contribution in [2.24, 2.45) is 11.8 Å². The van der Waals surface area contributed by atoms with Crippen LogP contribution in [0.15, 0.2) is 23.5 Å². The van der Waals surface area contributed by atoms with Gasteiger partial charge in [0, 0.05) is 12.8 Å². The van der Waals surface area contributed by atoms with Crippen molar-refractivity contribution in [3.05, 3.63) is 23.5 Å². The Hall–Kier alpha value is -0.760. The van der Waals surface area contributed by atoms with E-state index in [9.17, 15) is 0 Å². The predicted octanol–water partition coefficient (Wildman–Crippen LogP) is 3.01. The summed E-state index contributed by atoms with van der Waals surface area (Å²) in [5, 5.41) is 0. The van der Waals surface area contributed by atoms with Crippen LogP contribution in [0.3, 0.4) is 0 Å². The van der Waals surface area contributed by atoms with Crippen molar-refractivity contribution in [1.82, 2.24) is 0 Å². The molecule has 0 aromatic heterocycles. The molecule has 3 aliphatic rings. The van der Waals surface area contributed by atoms with Gasteiger partial charge in [-0.15, -0.1) is 0 Å². The molecule has 2 nitrogen and oxygen atoms in total. The lowest BCUT2D eigenvalue weighted by atomic mass is 9.80. The quantitative estimate of drug-likeness (QED) is 0.606. The first-order valence-corrected chi connectivity index (χ1v) is 5.91. The molecule has 0 aromatic carbocycles. The van der Waals surface area contributed by atoms with Gasteiger partial charge >= 0.3 is 0 Å². The van der Waals surface area contributed by atoms with E-state index < -0.39 is 0 Å². The highest BCUT2D eigenvalue weighted by Gasteiger charge is 2.50. The summed E-state index contributed by atoms with van der Waals surface area (Å²) in [5.74, 6) is 1.85. The van der Waals surface area contributed by atoms with Crippen LogP contribution in [0, 0.1) is 11.8 Å². The predicted molar refractivity (Wildman–Crippen MR) is 58.1 cm³/mol. The van der Waals surface area contributed by atoms with Gasteiger partial charge in [-0.05, 0) is 36.8 Å². The van der Waals surface area contributed by atoms with E-state index in [0.29, 0.717) is 11.8 Å². The molecule has 0 amide bonds. The summed E-state index contributed by atoms with van der Waals surface area (Å²) >= 11 is 0. The Morgan fingerprint density at radius 1 is 1.33 bits per heavy atom. The average Bonchev–Trinajstić information content (AvgIpc) is 2.52. The van der Waals surface area contributed by atoms with Crippen molar-refractivity contribution in [3.63, 3.8) is 0 Å². The first-order chi connectivity index (χ1) is 7.19. The molecule has 0 aromatic rings. The molecule has 2 saturated heterocycles. The van der Waals surface area contributed by atoms with Crippen LogP contribution in [0.1, 0.15) is 33.1 Å². The van der Waals surface area contributed by atoms with Crippen LogP contribution in [0.4, 0.5) is 0 Å². The standard InChI is InChI=1S/C13H18O2/c1-9-8-14-13(2)11(9)7-10-5-3-4-6-12(10)15-13/h5-6,9,11H,3-4,7-8H2,1-2H3. The lowest BCUT2D eigenvalue weighted by Gasteiger charge is -2.40. The highest BCUT2D eigenvalue weighted by Crippen LogP contribution is 2.48. The zero-order valence-corrected chi connectivity index (χ0v) is 9.45. The van der Waals surface area contributed by atoms with Crippen LogP contribution in [0.5, 0.6) is 0 Å². The molecule has 2 aliphatic heterocycles. The Bertz CT molecular complexity index is 342. The second kappa shape index (κ2) is 3.11. The number of hydrogen-bond acceptors (Lipinski definition) is 2. The van der Waals surface area contributed by atoms with E-state index >= 15 is 0 Å². The van der Waals surface area contributed by atoms with Gasteiger partial charge in [-0.25, -0.2) is 0 Å². The molecule has 0 spiro atoms. The van der Waals surface area contributed by atoms with Gasteiger partial charge < -0.3 is 9.47 Å². The summed E-state index contributed by atoms with van der Waals surface area (Å²) in [6, 6.07) is 0. The van der Waals surface area contributed by atoms with Crippen molar-refractivity contribution in [3.8, 4) is 0 Å². The average molecular weight is 206 g/mol. The minimum Gasteiger partial charge on any atom is -0.462 e. The van der Waals surface area contributed by atoms with Crippen molar-refractivity contribution in [2.45, 2.75) is 38.9 Å². The van der Waals surface area contributed by atoms with Crippen LogP contribution in [-0.2, 0) is 9.47 Å². The second-order valence-electron chi connectivity index (χ2n) is 5.09. The molecule has 0 saturated carbocycles. The van der Waals surface area contributed by atoms with E-state index in [1.165, 1.54) is 12.0 Å². The van der Waals surface area contributed by atoms with Crippen LogP contribution in [0.25, 0.3) is 0 Å². The van der Waals surface area contributed by atoms with E-state index in [0.717, 1.165) is 25.2 Å². The Kier molecular flexibility index (Phi) is 1.96. The van der Waals surface area contributed by atoms with Crippen LogP contribution in [0.2, 0.25) is 0 Å². The third-order valence-electron chi connectivity index (χ3n) is 3.95. The van der Waals surface area contributed by atoms with E-state index in [2.05, 4.69) is 26.0 Å². The van der Waals surface area contributed by atoms with Crippen LogP contribution in [-0.4, -0.2) is 12.4 Å². The second-order valence-corrected chi connectivity index (χ2v) is 5.09. The molecule has 0 N–H and O–H groups in total. The summed E-state index contributed by atoms with van der Waals surface area (Å²) in [6.45, 7) is 5.19. The lowest BCUT2D eigenvalue weighted by molar-refractivity contribution is -0.202. The first kappa shape index (κ1) is 9.46. The number of fused-ring (bicyclic) bond motifs is 2. The Labute approximate surface area is 90.9 Å². The summed E-state index contributed by atoms with van der Waals surface area (Å²) < 4.78 is 11.9. The normalized spacial score (nSPS) is 43.6. The van der Waals surface area contributed by atoms with Crippen LogP contribution < -0.4 is 0 Å². The SMILES string of the molecule is CC1COC2(C)OC3=CCCC=C3CC12. The summed E-state index contributed by atoms with van der Waals surface area (Å²) in [5.41, 5.74) is 1.40. The molecule has 3 unspecified atom stereocenters. The van der Waals surface area contributed by atoms with E-state index in [1.54, 1.807) is 0 Å². The number of ether oxygens (including phenoxy) is 2. The molecular weight excluding hydrogens is 188 g/mol. The van der Waals surface area contributed by atoms with Gasteiger partial charge in [-0.1, -0.05) is 13.0 Å². The molecular formula is C13H18O2. The largest absolute Gasteiger partial charge is 0.462 e. The van der Waals surface area contributed by atoms with Crippen molar-refractivity contribution in [2.75, 3.05) is 6.61 Å². The molecule has 0 radical (unpaired) electrons. The van der Waals surface area contributed by atoms with E-state index in [-0.39, 0.29) is 5.79 Å². The molecule has 82 valence electrons. The fourth-order valence-corrected chi connectivity index (χ4v) is 2.98.